The van der Waals surface area contributed by atoms with Gasteiger partial charge < -0.3 is 14.8 Å². The molecule has 0 bridgehead atoms. The lowest BCUT2D eigenvalue weighted by molar-refractivity contribution is -0.120. The van der Waals surface area contributed by atoms with Crippen LogP contribution in [0.5, 0.6) is 0 Å². The summed E-state index contributed by atoms with van der Waals surface area (Å²) in [5, 5.41) is 3.15. The number of Topliss-reactive ketones (excluding diaryl/α,β-unsaturated/α-hetero) is 1. The lowest BCUT2D eigenvalue weighted by Gasteiger charge is -2.30. The van der Waals surface area contributed by atoms with E-state index in [2.05, 4.69) is 56.5 Å². The molecule has 0 aromatic carbocycles. The molecule has 3 rings (SSSR count). The molecule has 156 valence electrons. The average molecular weight is 388 g/mol. The Kier molecular flexibility index (Phi) is 5.77. The minimum Gasteiger partial charge on any atom is -0.355 e. The molecule has 1 aliphatic heterocycles. The fourth-order valence-corrected chi connectivity index (χ4v) is 5.10. The minimum atomic E-state index is -0.0109. The van der Waals surface area contributed by atoms with Gasteiger partial charge in [0, 0.05) is 43.0 Å². The van der Waals surface area contributed by atoms with Crippen molar-refractivity contribution in [2.24, 2.45) is 10.8 Å². The summed E-state index contributed by atoms with van der Waals surface area (Å²) in [7, 11) is 2.13. The van der Waals surface area contributed by atoms with E-state index in [1.165, 1.54) is 0 Å². The highest BCUT2D eigenvalue weighted by Crippen LogP contribution is 2.39. The number of aromatic nitrogens is 1. The van der Waals surface area contributed by atoms with Crippen LogP contribution in [0.3, 0.4) is 0 Å². The van der Waals surface area contributed by atoms with Crippen LogP contribution in [-0.2, 0) is 24.2 Å². The highest BCUT2D eigenvalue weighted by molar-refractivity contribution is 6.01. The van der Waals surface area contributed by atoms with E-state index in [4.69, 9.17) is 0 Å². The number of ketones is 1. The summed E-state index contributed by atoms with van der Waals surface area (Å²) < 4.78 is 2.30. The molecule has 1 N–H and O–H groups in total. The Bertz CT molecular complexity index is 777. The van der Waals surface area contributed by atoms with Crippen LogP contribution in [0, 0.1) is 17.8 Å². The van der Waals surface area contributed by atoms with Crippen LogP contribution in [-0.4, -0.2) is 47.8 Å². The molecule has 5 heteroatoms. The van der Waals surface area contributed by atoms with Crippen molar-refractivity contribution in [1.29, 1.82) is 0 Å². The molecule has 28 heavy (non-hydrogen) atoms. The predicted octanol–water partition coefficient (Wildman–Crippen LogP) is 3.36. The van der Waals surface area contributed by atoms with Crippen molar-refractivity contribution in [1.82, 2.24) is 14.8 Å². The number of rotatable bonds is 6. The molecule has 1 aromatic rings. The van der Waals surface area contributed by atoms with Crippen molar-refractivity contribution in [3.05, 3.63) is 22.5 Å². The van der Waals surface area contributed by atoms with Gasteiger partial charge in [-0.1, -0.05) is 27.7 Å². The van der Waals surface area contributed by atoms with Crippen LogP contribution in [0.25, 0.3) is 0 Å². The van der Waals surface area contributed by atoms with Gasteiger partial charge in [-0.25, -0.2) is 0 Å². The van der Waals surface area contributed by atoms with Gasteiger partial charge in [-0.3, -0.25) is 9.59 Å². The average Bonchev–Trinajstić information content (AvgIpc) is 3.05. The van der Waals surface area contributed by atoms with Gasteiger partial charge in [0.2, 0.25) is 5.91 Å². The lowest BCUT2D eigenvalue weighted by Crippen LogP contribution is -2.38. The second-order valence-corrected chi connectivity index (χ2v) is 10.2. The summed E-state index contributed by atoms with van der Waals surface area (Å²) >= 11 is 0. The highest BCUT2D eigenvalue weighted by Gasteiger charge is 2.37. The van der Waals surface area contributed by atoms with Crippen LogP contribution in [0.2, 0.25) is 0 Å². The SMILES string of the molecule is CCCn1c(C)c(CC(=O)NC[C@]2(C)CCN(C)C2)c2c1CC(C)(C)CC2=O. The topological polar surface area (TPSA) is 54.3 Å². The summed E-state index contributed by atoms with van der Waals surface area (Å²) in [6, 6.07) is 0. The van der Waals surface area contributed by atoms with Gasteiger partial charge in [0.15, 0.2) is 5.78 Å². The molecule has 2 heterocycles. The molecule has 1 aliphatic carbocycles. The standard InChI is InChI=1S/C23H37N3O2/c1-7-9-26-16(2)17(21-18(26)12-22(3,4)13-19(21)27)11-20(28)24-14-23(5)8-10-25(6)15-23/h7-15H2,1-6H3,(H,24,28)/t23-/m0/s1. The monoisotopic (exact) mass is 387 g/mol. The van der Waals surface area contributed by atoms with E-state index in [-0.39, 0.29) is 22.5 Å². The van der Waals surface area contributed by atoms with Crippen molar-refractivity contribution in [3.8, 4) is 0 Å². The number of hydrogen-bond acceptors (Lipinski definition) is 3. The summed E-state index contributed by atoms with van der Waals surface area (Å²) in [5.74, 6) is 0.240. The highest BCUT2D eigenvalue weighted by atomic mass is 16.1. The van der Waals surface area contributed by atoms with Gasteiger partial charge in [-0.05, 0) is 56.2 Å². The van der Waals surface area contributed by atoms with Gasteiger partial charge in [0.05, 0.1) is 6.42 Å². The maximum Gasteiger partial charge on any atom is 0.224 e. The summed E-state index contributed by atoms with van der Waals surface area (Å²) in [4.78, 5) is 28.1. The van der Waals surface area contributed by atoms with Crippen molar-refractivity contribution in [2.45, 2.75) is 73.3 Å². The van der Waals surface area contributed by atoms with Gasteiger partial charge in [-0.15, -0.1) is 0 Å². The van der Waals surface area contributed by atoms with Crippen LogP contribution < -0.4 is 5.32 Å². The number of likely N-dealkylation sites (tertiary alicyclic amines) is 1. The van der Waals surface area contributed by atoms with Crippen LogP contribution in [0.15, 0.2) is 0 Å². The van der Waals surface area contributed by atoms with Crippen molar-refractivity contribution in [3.63, 3.8) is 0 Å². The Hall–Kier alpha value is -1.62. The number of hydrogen-bond donors (Lipinski definition) is 1. The van der Waals surface area contributed by atoms with Gasteiger partial charge >= 0.3 is 0 Å². The summed E-state index contributed by atoms with van der Waals surface area (Å²) in [6.07, 6.45) is 3.91. The van der Waals surface area contributed by atoms with Crippen LogP contribution in [0.1, 0.15) is 74.3 Å². The quantitative estimate of drug-likeness (QED) is 0.814. The first-order chi connectivity index (χ1) is 13.1. The first-order valence-corrected chi connectivity index (χ1v) is 10.7. The van der Waals surface area contributed by atoms with E-state index in [1.807, 2.05) is 0 Å². The fraction of sp³-hybridized carbons (Fsp3) is 0.739. The maximum atomic E-state index is 13.0. The Morgan fingerprint density at radius 2 is 1.93 bits per heavy atom. The molecule has 1 aromatic heterocycles. The first kappa shape index (κ1) is 21.1. The van der Waals surface area contributed by atoms with Crippen LogP contribution in [0.4, 0.5) is 0 Å². The molecule has 1 fully saturated rings. The zero-order valence-electron chi connectivity index (χ0n) is 18.6. The minimum absolute atomic E-state index is 0.0109. The van der Waals surface area contributed by atoms with E-state index >= 15 is 0 Å². The third-order valence-electron chi connectivity index (χ3n) is 6.57. The Morgan fingerprint density at radius 3 is 2.54 bits per heavy atom. The van der Waals surface area contributed by atoms with Crippen molar-refractivity contribution < 1.29 is 9.59 Å². The predicted molar refractivity (Wildman–Crippen MR) is 113 cm³/mol. The first-order valence-electron chi connectivity index (χ1n) is 10.7. The smallest absolute Gasteiger partial charge is 0.224 e. The van der Waals surface area contributed by atoms with E-state index in [0.717, 1.165) is 61.4 Å². The Labute approximate surface area is 169 Å². The van der Waals surface area contributed by atoms with E-state index in [1.54, 1.807) is 0 Å². The molecule has 0 radical (unpaired) electrons. The molecule has 2 aliphatic rings. The van der Waals surface area contributed by atoms with Crippen molar-refractivity contribution in [2.75, 3.05) is 26.7 Å². The number of carbonyl (C=O) groups is 2. The molecule has 0 saturated carbocycles. The van der Waals surface area contributed by atoms with Gasteiger partial charge in [0.25, 0.3) is 0 Å². The zero-order chi connectivity index (χ0) is 20.7. The molecule has 1 saturated heterocycles. The van der Waals surface area contributed by atoms with Gasteiger partial charge in [0.1, 0.15) is 0 Å². The Balaban J connectivity index is 1.80. The van der Waals surface area contributed by atoms with Crippen LogP contribution >= 0.6 is 0 Å². The number of amides is 1. The summed E-state index contributed by atoms with van der Waals surface area (Å²) in [6.45, 7) is 14.5. The fourth-order valence-electron chi connectivity index (χ4n) is 5.10. The lowest BCUT2D eigenvalue weighted by atomic mass is 9.75. The number of carbonyl (C=O) groups excluding carboxylic acids is 2. The van der Waals surface area contributed by atoms with E-state index in [9.17, 15) is 9.59 Å². The normalized spacial score (nSPS) is 24.4. The van der Waals surface area contributed by atoms with E-state index < -0.39 is 0 Å². The molecule has 0 spiro atoms. The van der Waals surface area contributed by atoms with E-state index in [0.29, 0.717) is 19.4 Å². The van der Waals surface area contributed by atoms with Crippen molar-refractivity contribution >= 4 is 11.7 Å². The molecule has 1 amide bonds. The molecule has 0 unspecified atom stereocenters. The number of nitrogens with one attached hydrogen (secondary N) is 1. The molecular formula is C23H37N3O2. The largest absolute Gasteiger partial charge is 0.355 e. The number of fused-ring (bicyclic) bond motifs is 1. The number of nitrogens with zero attached hydrogens (tertiary/aromatic N) is 2. The zero-order valence-corrected chi connectivity index (χ0v) is 18.6. The second-order valence-electron chi connectivity index (χ2n) is 10.2. The summed E-state index contributed by atoms with van der Waals surface area (Å²) in [5.41, 5.74) is 4.17. The molecule has 5 nitrogen and oxygen atoms in total. The third kappa shape index (κ3) is 4.19. The second kappa shape index (κ2) is 7.66. The Morgan fingerprint density at radius 1 is 1.21 bits per heavy atom. The van der Waals surface area contributed by atoms with Gasteiger partial charge in [-0.2, -0.15) is 0 Å². The maximum absolute atomic E-state index is 13.0. The molecule has 1 atom stereocenters. The molecular weight excluding hydrogens is 350 g/mol. The third-order valence-corrected chi connectivity index (χ3v) is 6.57.